The topological polar surface area (TPSA) is 102 Å². The summed E-state index contributed by atoms with van der Waals surface area (Å²) in [4.78, 5) is 39.6. The number of anilines is 1. The van der Waals surface area contributed by atoms with Crippen LogP contribution in [-0.4, -0.2) is 24.2 Å². The number of fused-ring (bicyclic) bond motifs is 1. The summed E-state index contributed by atoms with van der Waals surface area (Å²) in [5.74, 6) is 1.69. The molecular weight excluding hydrogens is 257 g/mol. The van der Waals surface area contributed by atoms with Crippen LogP contribution in [0.15, 0.2) is 18.2 Å². The lowest BCUT2D eigenvalue weighted by Gasteiger charge is -2.16. The van der Waals surface area contributed by atoms with Crippen LogP contribution in [0.2, 0.25) is 0 Å². The second-order valence-electron chi connectivity index (χ2n) is 3.76. The maximum absolute atomic E-state index is 13.7. The smallest absolute Gasteiger partial charge is 0.328 e. The van der Waals surface area contributed by atoms with Gasteiger partial charge in [-0.25, -0.2) is 10.2 Å². The lowest BCUT2D eigenvalue weighted by Crippen LogP contribution is -2.34. The van der Waals surface area contributed by atoms with Crippen molar-refractivity contribution in [2.75, 3.05) is 11.4 Å². The molecule has 0 spiro atoms. The first-order valence-corrected chi connectivity index (χ1v) is 5.36. The van der Waals surface area contributed by atoms with Crippen LogP contribution in [0.1, 0.15) is 16.8 Å². The summed E-state index contributed by atoms with van der Waals surface area (Å²) in [5.41, 5.74) is 1.59. The zero-order valence-electron chi connectivity index (χ0n) is 9.68. The predicted molar refractivity (Wildman–Crippen MR) is 61.1 cm³/mol. The number of nitrogens with zero attached hydrogens (tertiary/aromatic N) is 1. The van der Waals surface area contributed by atoms with Crippen molar-refractivity contribution in [3.8, 4) is 0 Å². The van der Waals surface area contributed by atoms with E-state index in [0.717, 1.165) is 11.0 Å². The third-order valence-electron chi connectivity index (χ3n) is 2.65. The average molecular weight is 267 g/mol. The van der Waals surface area contributed by atoms with Crippen LogP contribution in [-0.2, 0) is 14.4 Å². The van der Waals surface area contributed by atoms with E-state index in [9.17, 15) is 18.8 Å². The number of rotatable bonds is 4. The van der Waals surface area contributed by atoms with Gasteiger partial charge in [0, 0.05) is 6.54 Å². The first-order chi connectivity index (χ1) is 9.06. The summed E-state index contributed by atoms with van der Waals surface area (Å²) < 4.78 is 13.7. The fraction of sp³-hybridized carbons (Fsp3) is 0.182. The highest BCUT2D eigenvalue weighted by Gasteiger charge is 2.37. The molecule has 1 amide bonds. The lowest BCUT2D eigenvalue weighted by atomic mass is 10.1. The summed E-state index contributed by atoms with van der Waals surface area (Å²) >= 11 is 0. The van der Waals surface area contributed by atoms with E-state index in [1.165, 1.54) is 12.1 Å². The largest absolute Gasteiger partial charge is 0.356 e. The van der Waals surface area contributed by atoms with Gasteiger partial charge in [0.2, 0.25) is 0 Å². The van der Waals surface area contributed by atoms with E-state index < -0.39 is 23.5 Å². The molecule has 0 atom stereocenters. The van der Waals surface area contributed by atoms with E-state index in [0.29, 0.717) is 0 Å². The van der Waals surface area contributed by atoms with Gasteiger partial charge in [-0.1, -0.05) is 11.7 Å². The van der Waals surface area contributed by atoms with Gasteiger partial charge in [-0.3, -0.25) is 14.4 Å². The molecule has 0 bridgehead atoms. The molecule has 0 saturated heterocycles. The fourth-order valence-electron chi connectivity index (χ4n) is 1.85. The molecule has 0 aliphatic carbocycles. The number of nitrogens with two attached hydrogens (primary N) is 1. The Balaban J connectivity index is 2.21. The number of para-hydroxylation sites is 1. The second-order valence-corrected chi connectivity index (χ2v) is 3.76. The van der Waals surface area contributed by atoms with Crippen molar-refractivity contribution in [2.24, 2.45) is 5.84 Å². The molecule has 0 aromatic heterocycles. The van der Waals surface area contributed by atoms with Crippen molar-refractivity contribution in [1.82, 2.24) is 5.59 Å². The Morgan fingerprint density at radius 2 is 2.16 bits per heavy atom. The maximum Gasteiger partial charge on any atom is 0.328 e. The molecule has 1 aliphatic rings. The highest BCUT2D eigenvalue weighted by atomic mass is 19.1. The molecule has 19 heavy (non-hydrogen) atoms. The van der Waals surface area contributed by atoms with Crippen LogP contribution in [0.4, 0.5) is 10.1 Å². The van der Waals surface area contributed by atoms with Crippen LogP contribution in [0.25, 0.3) is 0 Å². The molecule has 3 N–H and O–H groups in total. The first kappa shape index (κ1) is 13.1. The van der Waals surface area contributed by atoms with Gasteiger partial charge >= 0.3 is 5.97 Å². The number of amides is 1. The van der Waals surface area contributed by atoms with E-state index in [2.05, 4.69) is 4.84 Å². The molecule has 0 radical (unpaired) electrons. The number of carbonyl (C=O) groups excluding carboxylic acids is 3. The van der Waals surface area contributed by atoms with Crippen molar-refractivity contribution in [3.05, 3.63) is 29.6 Å². The zero-order chi connectivity index (χ0) is 14.0. The van der Waals surface area contributed by atoms with E-state index >= 15 is 0 Å². The number of hydrazine groups is 1. The van der Waals surface area contributed by atoms with Gasteiger partial charge in [0.15, 0.2) is 0 Å². The number of ketones is 1. The van der Waals surface area contributed by atoms with Gasteiger partial charge < -0.3 is 9.74 Å². The minimum atomic E-state index is -0.867. The van der Waals surface area contributed by atoms with Gasteiger partial charge in [-0.15, -0.1) is 0 Å². The van der Waals surface area contributed by atoms with Gasteiger partial charge in [0.1, 0.15) is 5.82 Å². The quantitative estimate of drug-likeness (QED) is 0.440. The molecule has 0 unspecified atom stereocenters. The number of Topliss-reactive ketones (excluding diaryl/α,β-unsaturated/α-hetero) is 1. The molecule has 0 saturated carbocycles. The van der Waals surface area contributed by atoms with Crippen molar-refractivity contribution in [2.45, 2.75) is 6.42 Å². The molecule has 2 rings (SSSR count). The Bertz CT molecular complexity index is 561. The lowest BCUT2D eigenvalue weighted by molar-refractivity contribution is -0.151. The van der Waals surface area contributed by atoms with Crippen LogP contribution in [0.3, 0.4) is 0 Å². The van der Waals surface area contributed by atoms with Crippen LogP contribution < -0.4 is 16.3 Å². The fourth-order valence-corrected chi connectivity index (χ4v) is 1.85. The first-order valence-electron chi connectivity index (χ1n) is 5.36. The second kappa shape index (κ2) is 5.12. The highest BCUT2D eigenvalue weighted by molar-refractivity contribution is 6.52. The number of hydrogen-bond acceptors (Lipinski definition) is 6. The van der Waals surface area contributed by atoms with E-state index in [1.54, 1.807) is 5.59 Å². The zero-order valence-corrected chi connectivity index (χ0v) is 9.68. The highest BCUT2D eigenvalue weighted by Crippen LogP contribution is 2.31. The van der Waals surface area contributed by atoms with E-state index in [1.807, 2.05) is 0 Å². The standard InChI is InChI=1S/C11H10FN3O4/c12-7-3-1-2-6-9(7)15(11(18)10(6)17)5-4-8(16)19-14-13/h1-3,14H,4-5,13H2. The Hall–Kier alpha value is -2.32. The molecule has 1 heterocycles. The van der Waals surface area contributed by atoms with Gasteiger partial charge in [0.25, 0.3) is 11.7 Å². The number of nitrogens with one attached hydrogen (secondary N) is 1. The number of hydrogen-bond donors (Lipinski definition) is 2. The van der Waals surface area contributed by atoms with Gasteiger partial charge in [-0.05, 0) is 12.1 Å². The van der Waals surface area contributed by atoms with Crippen LogP contribution in [0, 0.1) is 5.82 Å². The molecule has 1 aliphatic heterocycles. The molecule has 1 aromatic rings. The molecule has 0 fully saturated rings. The normalized spacial score (nSPS) is 13.7. The summed E-state index contributed by atoms with van der Waals surface area (Å²) in [5, 5.41) is 0. The van der Waals surface area contributed by atoms with Gasteiger partial charge in [-0.2, -0.15) is 0 Å². The van der Waals surface area contributed by atoms with Gasteiger partial charge in [0.05, 0.1) is 17.7 Å². The Morgan fingerprint density at radius 3 is 2.84 bits per heavy atom. The minimum absolute atomic E-state index is 0.00434. The van der Waals surface area contributed by atoms with E-state index in [-0.39, 0.29) is 24.2 Å². The van der Waals surface area contributed by atoms with Crippen molar-refractivity contribution < 1.29 is 23.6 Å². The molecule has 7 nitrogen and oxygen atoms in total. The molecule has 8 heteroatoms. The molecule has 100 valence electrons. The van der Waals surface area contributed by atoms with Crippen molar-refractivity contribution >= 4 is 23.3 Å². The van der Waals surface area contributed by atoms with Crippen LogP contribution in [0.5, 0.6) is 0 Å². The maximum atomic E-state index is 13.7. The Kier molecular flexibility index (Phi) is 3.54. The summed E-state index contributed by atoms with van der Waals surface area (Å²) in [6.45, 7) is -0.168. The molecule has 1 aromatic carbocycles. The Labute approximate surface area is 107 Å². The SMILES string of the molecule is NNOC(=O)CCN1C(=O)C(=O)c2cccc(F)c21. The van der Waals surface area contributed by atoms with E-state index in [4.69, 9.17) is 5.84 Å². The number of halogens is 1. The molecular formula is C11H10FN3O4. The Morgan fingerprint density at radius 1 is 1.42 bits per heavy atom. The van der Waals surface area contributed by atoms with Crippen molar-refractivity contribution in [3.63, 3.8) is 0 Å². The number of carbonyl (C=O) groups is 3. The van der Waals surface area contributed by atoms with Crippen LogP contribution >= 0.6 is 0 Å². The third-order valence-corrected chi connectivity index (χ3v) is 2.65. The summed E-state index contributed by atoms with van der Waals surface area (Å²) in [7, 11) is 0. The van der Waals surface area contributed by atoms with Crippen molar-refractivity contribution in [1.29, 1.82) is 0 Å². The average Bonchev–Trinajstić information content (AvgIpc) is 2.62. The number of benzene rings is 1. The third kappa shape index (κ3) is 2.30. The minimum Gasteiger partial charge on any atom is -0.356 e. The summed E-state index contributed by atoms with van der Waals surface area (Å²) in [6, 6.07) is 3.84. The summed E-state index contributed by atoms with van der Waals surface area (Å²) in [6.07, 6.45) is -0.225. The predicted octanol–water partition coefficient (Wildman–Crippen LogP) is -0.333. The monoisotopic (exact) mass is 267 g/mol.